The molecule has 0 fully saturated rings. The highest BCUT2D eigenvalue weighted by atomic mass is 32.1. The quantitative estimate of drug-likeness (QED) is 0.436. The molecule has 0 spiro atoms. The van der Waals surface area contributed by atoms with Gasteiger partial charge in [-0.2, -0.15) is 0 Å². The number of ketones is 1. The minimum absolute atomic E-state index is 0.0355. The Morgan fingerprint density at radius 3 is 1.55 bits per heavy atom. The fourth-order valence-electron chi connectivity index (χ4n) is 2.42. The zero-order valence-electron chi connectivity index (χ0n) is 11.1. The average molecular weight is 330 g/mol. The minimum Gasteiger partial charge on any atom is -0.287 e. The lowest BCUT2D eigenvalue weighted by Gasteiger charge is -1.94. The maximum Gasteiger partial charge on any atom is 0.218 e. The van der Waals surface area contributed by atoms with Crippen LogP contribution in [0, 0.1) is 11.6 Å². The van der Waals surface area contributed by atoms with Crippen LogP contribution in [0.2, 0.25) is 0 Å². The first-order valence-electron chi connectivity index (χ1n) is 6.55. The molecule has 5 heteroatoms. The second kappa shape index (κ2) is 4.97. The fraction of sp³-hybridized carbons (Fsp3) is 0. The molecule has 0 atom stereocenters. The van der Waals surface area contributed by atoms with Crippen LogP contribution in [0.1, 0.15) is 14.5 Å². The summed E-state index contributed by atoms with van der Waals surface area (Å²) in [6, 6.07) is 13.7. The van der Waals surface area contributed by atoms with E-state index < -0.39 is 17.4 Å². The molecule has 22 heavy (non-hydrogen) atoms. The van der Waals surface area contributed by atoms with Gasteiger partial charge >= 0.3 is 0 Å². The van der Waals surface area contributed by atoms with E-state index in [9.17, 15) is 13.6 Å². The minimum atomic E-state index is -0.586. The highest BCUT2D eigenvalue weighted by Gasteiger charge is 2.25. The maximum absolute atomic E-state index is 14.4. The molecule has 0 N–H and O–H groups in total. The second-order valence-electron chi connectivity index (χ2n) is 4.81. The summed E-state index contributed by atoms with van der Waals surface area (Å²) in [6.07, 6.45) is 0. The van der Waals surface area contributed by atoms with Crippen molar-refractivity contribution in [1.82, 2.24) is 0 Å². The largest absolute Gasteiger partial charge is 0.287 e. The lowest BCUT2D eigenvalue weighted by atomic mass is 10.2. The number of halogens is 2. The Morgan fingerprint density at radius 2 is 1.14 bits per heavy atom. The first-order chi connectivity index (χ1) is 10.7. The molecule has 4 rings (SSSR count). The molecule has 2 aromatic carbocycles. The van der Waals surface area contributed by atoms with Crippen molar-refractivity contribution in [3.8, 4) is 0 Å². The standard InChI is InChI=1S/C17H8F2OS2/c18-13-9-5-1-3-7-11(9)21-16(13)15(20)17-14(19)10-6-2-4-8-12(10)22-17/h1-8H. The van der Waals surface area contributed by atoms with E-state index in [4.69, 9.17) is 0 Å². The van der Waals surface area contributed by atoms with Gasteiger partial charge in [-0.3, -0.25) is 4.79 Å². The number of hydrogen-bond donors (Lipinski definition) is 0. The van der Waals surface area contributed by atoms with Gasteiger partial charge in [0.25, 0.3) is 0 Å². The van der Waals surface area contributed by atoms with E-state index >= 15 is 0 Å². The molecule has 0 amide bonds. The molecule has 1 nitrogen and oxygen atoms in total. The number of carbonyl (C=O) groups is 1. The van der Waals surface area contributed by atoms with E-state index in [0.29, 0.717) is 20.2 Å². The van der Waals surface area contributed by atoms with Crippen LogP contribution in [0.3, 0.4) is 0 Å². The Balaban J connectivity index is 1.92. The van der Waals surface area contributed by atoms with Crippen LogP contribution in [0.15, 0.2) is 48.5 Å². The summed E-state index contributed by atoms with van der Waals surface area (Å²) in [5, 5.41) is 0.801. The third-order valence-electron chi connectivity index (χ3n) is 3.48. The second-order valence-corrected chi connectivity index (χ2v) is 6.92. The molecule has 0 unspecified atom stereocenters. The van der Waals surface area contributed by atoms with Crippen molar-refractivity contribution >= 4 is 48.6 Å². The molecule has 0 bridgehead atoms. The van der Waals surface area contributed by atoms with Crippen molar-refractivity contribution in [2.24, 2.45) is 0 Å². The number of carbonyl (C=O) groups excluding carboxylic acids is 1. The Kier molecular flexibility index (Phi) is 3.06. The summed E-state index contributed by atoms with van der Waals surface area (Å²) in [5.41, 5.74) is 0. The molecule has 0 aliphatic heterocycles. The van der Waals surface area contributed by atoms with Gasteiger partial charge in [-0.05, 0) is 12.1 Å². The summed E-state index contributed by atoms with van der Waals surface area (Å²) in [6.45, 7) is 0. The summed E-state index contributed by atoms with van der Waals surface area (Å²) in [7, 11) is 0. The predicted molar refractivity (Wildman–Crippen MR) is 87.0 cm³/mol. The van der Waals surface area contributed by atoms with Crippen molar-refractivity contribution in [3.05, 3.63) is 69.9 Å². The van der Waals surface area contributed by atoms with Gasteiger partial charge in [0.2, 0.25) is 5.78 Å². The summed E-state index contributed by atoms with van der Waals surface area (Å²) in [4.78, 5) is 12.5. The lowest BCUT2D eigenvalue weighted by molar-refractivity contribution is 0.104. The Hall–Kier alpha value is -2.11. The van der Waals surface area contributed by atoms with Gasteiger partial charge in [0, 0.05) is 20.2 Å². The van der Waals surface area contributed by atoms with Gasteiger partial charge in [0.15, 0.2) is 11.6 Å². The van der Waals surface area contributed by atoms with Crippen LogP contribution in [0.5, 0.6) is 0 Å². The molecule has 0 aliphatic carbocycles. The summed E-state index contributed by atoms with van der Waals surface area (Å²) < 4.78 is 30.2. The Bertz CT molecular complexity index is 948. The van der Waals surface area contributed by atoms with E-state index in [1.165, 1.54) is 0 Å². The van der Waals surface area contributed by atoms with Crippen molar-refractivity contribution in [1.29, 1.82) is 0 Å². The van der Waals surface area contributed by atoms with Crippen molar-refractivity contribution in [2.45, 2.75) is 0 Å². The Labute approximate surface area is 132 Å². The summed E-state index contributed by atoms with van der Waals surface area (Å²) >= 11 is 2.12. The van der Waals surface area contributed by atoms with Gasteiger partial charge < -0.3 is 0 Å². The molecule has 0 saturated heterocycles. The van der Waals surface area contributed by atoms with E-state index in [0.717, 1.165) is 22.7 Å². The van der Waals surface area contributed by atoms with Crippen LogP contribution in [0.25, 0.3) is 20.2 Å². The third kappa shape index (κ3) is 1.90. The van der Waals surface area contributed by atoms with Crippen LogP contribution in [-0.4, -0.2) is 5.78 Å². The zero-order chi connectivity index (χ0) is 15.3. The number of fused-ring (bicyclic) bond motifs is 2. The van der Waals surface area contributed by atoms with Crippen molar-refractivity contribution < 1.29 is 13.6 Å². The fourth-order valence-corrected chi connectivity index (χ4v) is 4.54. The SMILES string of the molecule is O=C(c1sc2ccccc2c1F)c1sc2ccccc2c1F. The molecule has 0 aliphatic rings. The van der Waals surface area contributed by atoms with E-state index in [2.05, 4.69) is 0 Å². The highest BCUT2D eigenvalue weighted by molar-refractivity contribution is 7.24. The molecule has 0 saturated carbocycles. The molecule has 2 heterocycles. The molecule has 2 aromatic heterocycles. The topological polar surface area (TPSA) is 17.1 Å². The molecular weight excluding hydrogens is 322 g/mol. The Morgan fingerprint density at radius 1 is 0.727 bits per heavy atom. The summed E-state index contributed by atoms with van der Waals surface area (Å²) in [5.74, 6) is -1.72. The monoisotopic (exact) mass is 330 g/mol. The third-order valence-corrected chi connectivity index (χ3v) is 5.77. The predicted octanol–water partition coefficient (Wildman–Crippen LogP) is 5.63. The zero-order valence-corrected chi connectivity index (χ0v) is 12.7. The number of rotatable bonds is 2. The van der Waals surface area contributed by atoms with Crippen LogP contribution in [0.4, 0.5) is 8.78 Å². The first-order valence-corrected chi connectivity index (χ1v) is 8.19. The average Bonchev–Trinajstić information content (AvgIpc) is 3.06. The van der Waals surface area contributed by atoms with Crippen LogP contribution < -0.4 is 0 Å². The van der Waals surface area contributed by atoms with E-state index in [1.807, 2.05) is 0 Å². The lowest BCUT2D eigenvalue weighted by Crippen LogP contribution is -2.00. The molecular formula is C17H8F2OS2. The van der Waals surface area contributed by atoms with Gasteiger partial charge in [-0.15, -0.1) is 22.7 Å². The van der Waals surface area contributed by atoms with E-state index in [-0.39, 0.29) is 9.75 Å². The van der Waals surface area contributed by atoms with Crippen molar-refractivity contribution in [3.63, 3.8) is 0 Å². The normalized spacial score (nSPS) is 11.4. The number of benzene rings is 2. The number of thiophene rings is 2. The number of hydrogen-bond acceptors (Lipinski definition) is 3. The van der Waals surface area contributed by atoms with E-state index in [1.54, 1.807) is 48.5 Å². The highest BCUT2D eigenvalue weighted by Crippen LogP contribution is 2.36. The van der Waals surface area contributed by atoms with Gasteiger partial charge in [0.1, 0.15) is 9.75 Å². The maximum atomic E-state index is 14.4. The van der Waals surface area contributed by atoms with Gasteiger partial charge in [0.05, 0.1) is 0 Å². The van der Waals surface area contributed by atoms with Gasteiger partial charge in [-0.1, -0.05) is 36.4 Å². The molecule has 4 aromatic rings. The molecule has 108 valence electrons. The smallest absolute Gasteiger partial charge is 0.218 e. The van der Waals surface area contributed by atoms with Crippen LogP contribution in [-0.2, 0) is 0 Å². The van der Waals surface area contributed by atoms with Crippen LogP contribution >= 0.6 is 22.7 Å². The molecule has 0 radical (unpaired) electrons. The van der Waals surface area contributed by atoms with Crippen molar-refractivity contribution in [2.75, 3.05) is 0 Å². The first kappa shape index (κ1) is 13.5. The van der Waals surface area contributed by atoms with Gasteiger partial charge in [-0.25, -0.2) is 8.78 Å².